The van der Waals surface area contributed by atoms with Gasteiger partial charge in [0.1, 0.15) is 5.75 Å². The third kappa shape index (κ3) is 4.55. The summed E-state index contributed by atoms with van der Waals surface area (Å²) in [5.74, 6) is 0.777. The molecule has 1 saturated carbocycles. The second kappa shape index (κ2) is 7.32. The average Bonchev–Trinajstić information content (AvgIpc) is 2.67. The van der Waals surface area contributed by atoms with E-state index in [1.807, 2.05) is 38.1 Å². The van der Waals surface area contributed by atoms with Gasteiger partial charge in [-0.2, -0.15) is 0 Å². The van der Waals surface area contributed by atoms with Crippen molar-refractivity contribution in [3.8, 4) is 5.75 Å². The molecule has 1 aliphatic carbocycles. The van der Waals surface area contributed by atoms with Crippen LogP contribution in [-0.4, -0.2) is 18.1 Å². The number of carbonyl (C=O) groups excluding carboxylic acids is 1. The van der Waals surface area contributed by atoms with Gasteiger partial charge in [0, 0.05) is 11.6 Å². The van der Waals surface area contributed by atoms with Crippen molar-refractivity contribution in [3.63, 3.8) is 0 Å². The number of ether oxygens (including phenoxy) is 1. The van der Waals surface area contributed by atoms with Crippen LogP contribution in [0, 0.1) is 0 Å². The van der Waals surface area contributed by atoms with Crippen LogP contribution in [0.3, 0.4) is 0 Å². The van der Waals surface area contributed by atoms with E-state index in [1.165, 1.54) is 25.7 Å². The molecule has 0 heterocycles. The Morgan fingerprint density at radius 2 is 1.90 bits per heavy atom. The molecule has 1 fully saturated rings. The van der Waals surface area contributed by atoms with Crippen LogP contribution in [0.25, 0.3) is 0 Å². The van der Waals surface area contributed by atoms with Gasteiger partial charge >= 0.3 is 0 Å². The van der Waals surface area contributed by atoms with Crippen LogP contribution in [0.1, 0.15) is 62.7 Å². The van der Waals surface area contributed by atoms with Gasteiger partial charge in [-0.05, 0) is 44.9 Å². The highest BCUT2D eigenvalue weighted by atomic mass is 16.5. The fourth-order valence-corrected chi connectivity index (χ4v) is 2.68. The molecule has 1 aliphatic rings. The lowest BCUT2D eigenvalue weighted by molar-refractivity contribution is 0.0932. The summed E-state index contributed by atoms with van der Waals surface area (Å²) in [6.45, 7) is 3.97. The summed E-state index contributed by atoms with van der Waals surface area (Å²) in [4.78, 5) is 12.3. The molecule has 0 unspecified atom stereocenters. The molecule has 0 spiro atoms. The molecule has 2 rings (SSSR count). The monoisotopic (exact) mass is 275 g/mol. The van der Waals surface area contributed by atoms with Crippen molar-refractivity contribution < 1.29 is 9.53 Å². The maximum absolute atomic E-state index is 12.3. The second-order valence-electron chi connectivity index (χ2n) is 5.86. The Morgan fingerprint density at radius 3 is 2.55 bits per heavy atom. The van der Waals surface area contributed by atoms with Gasteiger partial charge in [-0.1, -0.05) is 31.7 Å². The molecule has 0 atom stereocenters. The highest BCUT2D eigenvalue weighted by Crippen LogP contribution is 2.19. The Labute approximate surface area is 121 Å². The maximum Gasteiger partial charge on any atom is 0.251 e. The standard InChI is InChI=1S/C17H25NO2/c1-13(2)20-16-11-7-8-14(12-16)17(19)18-15-9-5-3-4-6-10-15/h7-8,11-13,15H,3-6,9-10H2,1-2H3,(H,18,19). The van der Waals surface area contributed by atoms with E-state index in [1.54, 1.807) is 0 Å². The molecule has 1 N–H and O–H groups in total. The summed E-state index contributed by atoms with van der Waals surface area (Å²) in [6, 6.07) is 7.77. The highest BCUT2D eigenvalue weighted by Gasteiger charge is 2.16. The van der Waals surface area contributed by atoms with E-state index >= 15 is 0 Å². The van der Waals surface area contributed by atoms with E-state index in [-0.39, 0.29) is 12.0 Å². The summed E-state index contributed by atoms with van der Waals surface area (Å²) in [6.07, 6.45) is 7.37. The summed E-state index contributed by atoms with van der Waals surface area (Å²) in [5, 5.41) is 3.16. The summed E-state index contributed by atoms with van der Waals surface area (Å²) in [7, 11) is 0. The summed E-state index contributed by atoms with van der Waals surface area (Å²) < 4.78 is 5.63. The number of benzene rings is 1. The number of amides is 1. The van der Waals surface area contributed by atoms with Gasteiger partial charge in [0.2, 0.25) is 0 Å². The molecule has 1 amide bonds. The zero-order valence-electron chi connectivity index (χ0n) is 12.5. The number of nitrogens with one attached hydrogen (secondary N) is 1. The number of carbonyl (C=O) groups is 1. The van der Waals surface area contributed by atoms with E-state index in [0.29, 0.717) is 11.6 Å². The Morgan fingerprint density at radius 1 is 1.20 bits per heavy atom. The predicted molar refractivity (Wildman–Crippen MR) is 81.2 cm³/mol. The van der Waals surface area contributed by atoms with Crippen molar-refractivity contribution in [2.75, 3.05) is 0 Å². The molecule has 0 radical (unpaired) electrons. The minimum atomic E-state index is 0.0195. The molecule has 0 saturated heterocycles. The van der Waals surface area contributed by atoms with Crippen molar-refractivity contribution >= 4 is 5.91 Å². The Kier molecular flexibility index (Phi) is 5.45. The van der Waals surface area contributed by atoms with Crippen LogP contribution < -0.4 is 10.1 Å². The summed E-state index contributed by atoms with van der Waals surface area (Å²) in [5.41, 5.74) is 0.687. The number of hydrogen-bond acceptors (Lipinski definition) is 2. The molecule has 1 aromatic rings. The predicted octanol–water partition coefficient (Wildman–Crippen LogP) is 3.93. The third-order valence-corrected chi connectivity index (χ3v) is 3.66. The van der Waals surface area contributed by atoms with Crippen LogP contribution in [0.15, 0.2) is 24.3 Å². The average molecular weight is 275 g/mol. The molecular weight excluding hydrogens is 250 g/mol. The largest absolute Gasteiger partial charge is 0.491 e. The lowest BCUT2D eigenvalue weighted by atomic mass is 10.1. The molecule has 20 heavy (non-hydrogen) atoms. The number of hydrogen-bond donors (Lipinski definition) is 1. The van der Waals surface area contributed by atoms with Gasteiger partial charge in [0.05, 0.1) is 6.10 Å². The molecule has 0 aliphatic heterocycles. The van der Waals surface area contributed by atoms with Gasteiger partial charge in [-0.3, -0.25) is 4.79 Å². The van der Waals surface area contributed by atoms with Gasteiger partial charge < -0.3 is 10.1 Å². The topological polar surface area (TPSA) is 38.3 Å². The smallest absolute Gasteiger partial charge is 0.251 e. The second-order valence-corrected chi connectivity index (χ2v) is 5.86. The molecule has 0 aromatic heterocycles. The van der Waals surface area contributed by atoms with Crippen LogP contribution in [0.5, 0.6) is 5.75 Å². The third-order valence-electron chi connectivity index (χ3n) is 3.66. The van der Waals surface area contributed by atoms with Crippen LogP contribution in [-0.2, 0) is 0 Å². The van der Waals surface area contributed by atoms with E-state index in [9.17, 15) is 4.79 Å². The zero-order chi connectivity index (χ0) is 14.4. The van der Waals surface area contributed by atoms with Crippen LogP contribution >= 0.6 is 0 Å². The minimum Gasteiger partial charge on any atom is -0.491 e. The lowest BCUT2D eigenvalue weighted by Crippen LogP contribution is -2.34. The maximum atomic E-state index is 12.3. The number of rotatable bonds is 4. The van der Waals surface area contributed by atoms with Gasteiger partial charge in [-0.25, -0.2) is 0 Å². The van der Waals surface area contributed by atoms with Crippen molar-refractivity contribution in [2.24, 2.45) is 0 Å². The van der Waals surface area contributed by atoms with E-state index in [0.717, 1.165) is 18.6 Å². The van der Waals surface area contributed by atoms with Crippen molar-refractivity contribution in [2.45, 2.75) is 64.5 Å². The molecule has 0 bridgehead atoms. The zero-order valence-corrected chi connectivity index (χ0v) is 12.5. The van der Waals surface area contributed by atoms with Crippen LogP contribution in [0.4, 0.5) is 0 Å². The first-order valence-corrected chi connectivity index (χ1v) is 7.73. The van der Waals surface area contributed by atoms with Gasteiger partial charge in [0.25, 0.3) is 5.91 Å². The molecule has 3 nitrogen and oxygen atoms in total. The minimum absolute atomic E-state index is 0.0195. The molecule has 3 heteroatoms. The van der Waals surface area contributed by atoms with Crippen molar-refractivity contribution in [1.82, 2.24) is 5.32 Å². The van der Waals surface area contributed by atoms with Crippen LogP contribution in [0.2, 0.25) is 0 Å². The van der Waals surface area contributed by atoms with Crippen molar-refractivity contribution in [1.29, 1.82) is 0 Å². The quantitative estimate of drug-likeness (QED) is 0.846. The first-order chi connectivity index (χ1) is 9.65. The highest BCUT2D eigenvalue weighted by molar-refractivity contribution is 5.94. The van der Waals surface area contributed by atoms with Crippen molar-refractivity contribution in [3.05, 3.63) is 29.8 Å². The SMILES string of the molecule is CC(C)Oc1cccc(C(=O)NC2CCCCCC2)c1. The first kappa shape index (κ1) is 14.9. The van der Waals surface area contributed by atoms with E-state index < -0.39 is 0 Å². The normalized spacial score (nSPS) is 16.8. The van der Waals surface area contributed by atoms with Gasteiger partial charge in [0.15, 0.2) is 0 Å². The molecular formula is C17H25NO2. The van der Waals surface area contributed by atoms with Gasteiger partial charge in [-0.15, -0.1) is 0 Å². The summed E-state index contributed by atoms with van der Waals surface area (Å²) >= 11 is 0. The van der Waals surface area contributed by atoms with E-state index in [2.05, 4.69) is 5.32 Å². The Balaban J connectivity index is 1.97. The fourth-order valence-electron chi connectivity index (χ4n) is 2.68. The first-order valence-electron chi connectivity index (χ1n) is 7.73. The Bertz CT molecular complexity index is 434. The fraction of sp³-hybridized carbons (Fsp3) is 0.588. The molecule has 110 valence electrons. The van der Waals surface area contributed by atoms with E-state index in [4.69, 9.17) is 4.74 Å². The lowest BCUT2D eigenvalue weighted by Gasteiger charge is -2.17. The molecule has 1 aromatic carbocycles. The Hall–Kier alpha value is -1.51.